The van der Waals surface area contributed by atoms with Gasteiger partial charge in [0.15, 0.2) is 0 Å². The maximum absolute atomic E-state index is 8.66. The predicted molar refractivity (Wildman–Crippen MR) is 75.2 cm³/mol. The minimum absolute atomic E-state index is 0.370. The van der Waals surface area contributed by atoms with E-state index in [0.29, 0.717) is 6.61 Å². The highest BCUT2D eigenvalue weighted by atomic mass is 16.2. The molecule has 0 unspecified atom stereocenters. The third-order valence-corrected chi connectivity index (χ3v) is 3.79. The molecule has 0 aromatic heterocycles. The molecular formula is C16H30O. The van der Waals surface area contributed by atoms with E-state index >= 15 is 0 Å². The quantitative estimate of drug-likeness (QED) is 0.420. The summed E-state index contributed by atoms with van der Waals surface area (Å²) in [5.74, 6) is 0. The molecule has 0 saturated heterocycles. The highest BCUT2D eigenvalue weighted by Crippen LogP contribution is 2.22. The Hall–Kier alpha value is -0.300. The summed E-state index contributed by atoms with van der Waals surface area (Å²) < 4.78 is 0. The van der Waals surface area contributed by atoms with Crippen LogP contribution in [0, 0.1) is 0 Å². The second kappa shape index (κ2) is 10.8. The van der Waals surface area contributed by atoms with Crippen LogP contribution in [0.1, 0.15) is 83.5 Å². The SMILES string of the molecule is OCCCCCCCCCCC1=CCCCC1. The van der Waals surface area contributed by atoms with Crippen LogP contribution in [0.3, 0.4) is 0 Å². The van der Waals surface area contributed by atoms with E-state index in [-0.39, 0.29) is 0 Å². The van der Waals surface area contributed by atoms with E-state index in [4.69, 9.17) is 5.11 Å². The first-order valence-corrected chi connectivity index (χ1v) is 7.72. The smallest absolute Gasteiger partial charge is 0.0431 e. The molecule has 1 heteroatoms. The zero-order valence-electron chi connectivity index (χ0n) is 11.4. The third kappa shape index (κ3) is 8.43. The molecule has 0 spiro atoms. The van der Waals surface area contributed by atoms with Crippen molar-refractivity contribution in [2.75, 3.05) is 6.61 Å². The Bertz CT molecular complexity index is 196. The maximum atomic E-state index is 8.66. The molecule has 1 nitrogen and oxygen atoms in total. The Morgan fingerprint density at radius 1 is 0.824 bits per heavy atom. The second-order valence-corrected chi connectivity index (χ2v) is 5.41. The van der Waals surface area contributed by atoms with Crippen molar-refractivity contribution < 1.29 is 5.11 Å². The Balaban J connectivity index is 1.79. The third-order valence-electron chi connectivity index (χ3n) is 3.79. The van der Waals surface area contributed by atoms with Crippen molar-refractivity contribution in [1.29, 1.82) is 0 Å². The average Bonchev–Trinajstić information content (AvgIpc) is 2.38. The zero-order valence-corrected chi connectivity index (χ0v) is 11.4. The van der Waals surface area contributed by atoms with E-state index in [9.17, 15) is 0 Å². The first-order valence-electron chi connectivity index (χ1n) is 7.72. The lowest BCUT2D eigenvalue weighted by atomic mass is 9.95. The Morgan fingerprint density at radius 3 is 2.06 bits per heavy atom. The van der Waals surface area contributed by atoms with Crippen molar-refractivity contribution >= 4 is 0 Å². The minimum atomic E-state index is 0.370. The number of hydrogen-bond donors (Lipinski definition) is 1. The van der Waals surface area contributed by atoms with Gasteiger partial charge in [0.1, 0.15) is 0 Å². The van der Waals surface area contributed by atoms with E-state index in [1.807, 2.05) is 0 Å². The molecule has 0 bridgehead atoms. The van der Waals surface area contributed by atoms with Crippen LogP contribution in [0.2, 0.25) is 0 Å². The topological polar surface area (TPSA) is 20.2 Å². The van der Waals surface area contributed by atoms with Crippen LogP contribution in [0.25, 0.3) is 0 Å². The molecule has 0 aromatic rings. The fourth-order valence-electron chi connectivity index (χ4n) is 2.66. The van der Waals surface area contributed by atoms with Crippen molar-refractivity contribution in [3.05, 3.63) is 11.6 Å². The molecule has 0 atom stereocenters. The lowest BCUT2D eigenvalue weighted by molar-refractivity contribution is 0.282. The molecule has 1 aliphatic rings. The number of aliphatic hydroxyl groups excluding tert-OH is 1. The molecule has 1 N–H and O–H groups in total. The molecular weight excluding hydrogens is 208 g/mol. The molecule has 17 heavy (non-hydrogen) atoms. The van der Waals surface area contributed by atoms with Crippen LogP contribution in [0.4, 0.5) is 0 Å². The summed E-state index contributed by atoms with van der Waals surface area (Å²) in [6.45, 7) is 0.370. The number of hydrogen-bond acceptors (Lipinski definition) is 1. The van der Waals surface area contributed by atoms with Gasteiger partial charge in [-0.15, -0.1) is 0 Å². The normalized spacial score (nSPS) is 15.9. The molecule has 0 amide bonds. The number of unbranched alkanes of at least 4 members (excludes halogenated alkanes) is 7. The number of aliphatic hydroxyl groups is 1. The van der Waals surface area contributed by atoms with Crippen molar-refractivity contribution in [1.82, 2.24) is 0 Å². The van der Waals surface area contributed by atoms with Gasteiger partial charge in [-0.1, -0.05) is 50.2 Å². The standard InChI is InChI=1S/C16H30O/c17-15-11-6-4-2-1-3-5-8-12-16-13-9-7-10-14-16/h13,17H,1-12,14-15H2. The van der Waals surface area contributed by atoms with E-state index in [1.54, 1.807) is 5.57 Å². The molecule has 0 fully saturated rings. The summed E-state index contributed by atoms with van der Waals surface area (Å²) in [4.78, 5) is 0. The Kier molecular flexibility index (Phi) is 9.40. The van der Waals surface area contributed by atoms with Gasteiger partial charge >= 0.3 is 0 Å². The fourth-order valence-corrected chi connectivity index (χ4v) is 2.66. The van der Waals surface area contributed by atoms with Gasteiger partial charge in [0.25, 0.3) is 0 Å². The first kappa shape index (κ1) is 14.8. The summed E-state index contributed by atoms with van der Waals surface area (Å²) in [5, 5.41) is 8.66. The lowest BCUT2D eigenvalue weighted by Gasteiger charge is -2.12. The lowest BCUT2D eigenvalue weighted by Crippen LogP contribution is -1.92. The molecule has 1 aliphatic carbocycles. The predicted octanol–water partition coefficient (Wildman–Crippen LogP) is 4.99. The molecule has 0 aromatic carbocycles. The molecule has 0 radical (unpaired) electrons. The summed E-state index contributed by atoms with van der Waals surface area (Å²) >= 11 is 0. The van der Waals surface area contributed by atoms with E-state index in [2.05, 4.69) is 6.08 Å². The Labute approximate surface area is 107 Å². The van der Waals surface area contributed by atoms with Gasteiger partial charge in [0, 0.05) is 6.61 Å². The van der Waals surface area contributed by atoms with Crippen LogP contribution in [0.15, 0.2) is 11.6 Å². The van der Waals surface area contributed by atoms with Crippen LogP contribution < -0.4 is 0 Å². The van der Waals surface area contributed by atoms with Crippen molar-refractivity contribution in [2.24, 2.45) is 0 Å². The van der Waals surface area contributed by atoms with E-state index in [0.717, 1.165) is 6.42 Å². The summed E-state index contributed by atoms with van der Waals surface area (Å²) in [6.07, 6.45) is 19.9. The van der Waals surface area contributed by atoms with Crippen LogP contribution in [-0.2, 0) is 0 Å². The molecule has 1 rings (SSSR count). The van der Waals surface area contributed by atoms with Crippen molar-refractivity contribution in [3.63, 3.8) is 0 Å². The van der Waals surface area contributed by atoms with Gasteiger partial charge in [-0.3, -0.25) is 0 Å². The van der Waals surface area contributed by atoms with E-state index in [1.165, 1.54) is 77.0 Å². The van der Waals surface area contributed by atoms with Crippen LogP contribution in [0.5, 0.6) is 0 Å². The van der Waals surface area contributed by atoms with Gasteiger partial charge in [-0.2, -0.15) is 0 Å². The van der Waals surface area contributed by atoms with Crippen LogP contribution in [-0.4, -0.2) is 11.7 Å². The van der Waals surface area contributed by atoms with Crippen molar-refractivity contribution in [3.8, 4) is 0 Å². The summed E-state index contributed by atoms with van der Waals surface area (Å²) in [5.41, 5.74) is 1.74. The van der Waals surface area contributed by atoms with Crippen molar-refractivity contribution in [2.45, 2.75) is 83.5 Å². The highest BCUT2D eigenvalue weighted by Gasteiger charge is 2.02. The van der Waals surface area contributed by atoms with Gasteiger partial charge in [-0.05, 0) is 44.9 Å². The largest absolute Gasteiger partial charge is 0.396 e. The monoisotopic (exact) mass is 238 g/mol. The second-order valence-electron chi connectivity index (χ2n) is 5.41. The maximum Gasteiger partial charge on any atom is 0.0431 e. The number of allylic oxidation sites excluding steroid dienone is 2. The molecule has 100 valence electrons. The minimum Gasteiger partial charge on any atom is -0.396 e. The van der Waals surface area contributed by atoms with Gasteiger partial charge in [0.05, 0.1) is 0 Å². The highest BCUT2D eigenvalue weighted by molar-refractivity contribution is 5.04. The average molecular weight is 238 g/mol. The van der Waals surface area contributed by atoms with E-state index < -0.39 is 0 Å². The summed E-state index contributed by atoms with van der Waals surface area (Å²) in [7, 11) is 0. The zero-order chi connectivity index (χ0) is 12.2. The molecule has 0 heterocycles. The van der Waals surface area contributed by atoms with Crippen LogP contribution >= 0.6 is 0 Å². The first-order chi connectivity index (χ1) is 8.43. The van der Waals surface area contributed by atoms with Gasteiger partial charge in [0.2, 0.25) is 0 Å². The fraction of sp³-hybridized carbons (Fsp3) is 0.875. The summed E-state index contributed by atoms with van der Waals surface area (Å²) in [6, 6.07) is 0. The van der Waals surface area contributed by atoms with Gasteiger partial charge in [-0.25, -0.2) is 0 Å². The Morgan fingerprint density at radius 2 is 1.47 bits per heavy atom. The molecule has 0 saturated carbocycles. The molecule has 0 aliphatic heterocycles. The van der Waals surface area contributed by atoms with Gasteiger partial charge < -0.3 is 5.11 Å². The number of rotatable bonds is 10.